The monoisotopic (exact) mass is 491 g/mol. The summed E-state index contributed by atoms with van der Waals surface area (Å²) in [5.41, 5.74) is 2.89. The van der Waals surface area contributed by atoms with E-state index in [4.69, 9.17) is 34.8 Å². The Kier molecular flexibility index (Phi) is 6.31. The number of aromatic hydroxyl groups is 1. The number of hydrogen-bond donors (Lipinski definition) is 2. The fraction of sp³-hybridized carbons (Fsp3) is 0.174. The Morgan fingerprint density at radius 3 is 2.39 bits per heavy atom. The van der Waals surface area contributed by atoms with Crippen molar-refractivity contribution in [1.29, 1.82) is 0 Å². The first kappa shape index (κ1) is 22.2. The van der Waals surface area contributed by atoms with Crippen LogP contribution in [0.2, 0.25) is 15.1 Å². The highest BCUT2D eigenvalue weighted by atomic mass is 35.5. The summed E-state index contributed by atoms with van der Waals surface area (Å²) >= 11 is 22.1. The number of nitrogens with one attached hydrogen (secondary N) is 1. The third-order valence-electron chi connectivity index (χ3n) is 5.32. The second-order valence-corrected chi connectivity index (χ2v) is 9.27. The van der Waals surface area contributed by atoms with Crippen LogP contribution in [0.4, 0.5) is 5.69 Å². The number of fused-ring (bicyclic) bond motifs is 1. The Hall–Kier alpha value is -2.05. The normalized spacial score (nSPS) is 12.3. The summed E-state index contributed by atoms with van der Waals surface area (Å²) in [6.45, 7) is 0. The molecular formula is C23H20Cl3N3OS. The minimum atomic E-state index is -0.466. The van der Waals surface area contributed by atoms with E-state index in [1.165, 1.54) is 11.8 Å². The molecule has 2 N–H and O–H groups in total. The molecule has 0 radical (unpaired) electrons. The molecule has 0 aliphatic heterocycles. The van der Waals surface area contributed by atoms with Crippen molar-refractivity contribution in [1.82, 2.24) is 10.2 Å². The van der Waals surface area contributed by atoms with Gasteiger partial charge in [0.15, 0.2) is 0 Å². The number of H-pyrrole nitrogens is 1. The summed E-state index contributed by atoms with van der Waals surface area (Å²) in [4.78, 5) is 2.61. The van der Waals surface area contributed by atoms with Crippen LogP contribution in [0.25, 0.3) is 10.8 Å². The average molecular weight is 493 g/mol. The van der Waals surface area contributed by atoms with Gasteiger partial charge in [0.1, 0.15) is 5.75 Å². The summed E-state index contributed by atoms with van der Waals surface area (Å²) in [6.07, 6.45) is 5.44. The molecule has 0 amide bonds. The number of halogens is 3. The van der Waals surface area contributed by atoms with Gasteiger partial charge in [-0.2, -0.15) is 5.10 Å². The molecule has 3 aromatic carbocycles. The molecule has 0 spiro atoms. The van der Waals surface area contributed by atoms with Crippen molar-refractivity contribution in [2.45, 2.75) is 10.8 Å². The number of aromatic nitrogens is 2. The lowest BCUT2D eigenvalue weighted by Gasteiger charge is -2.27. The zero-order valence-corrected chi connectivity index (χ0v) is 20.2. The zero-order valence-electron chi connectivity index (χ0n) is 17.1. The maximum atomic E-state index is 11.0. The average Bonchev–Trinajstić information content (AvgIpc) is 3.26. The van der Waals surface area contributed by atoms with Crippen LogP contribution >= 0.6 is 46.6 Å². The lowest BCUT2D eigenvalue weighted by atomic mass is 9.83. The number of phenols is 1. The summed E-state index contributed by atoms with van der Waals surface area (Å²) in [5.74, 6) is -0.309. The minimum absolute atomic E-state index is 0.157. The molecule has 31 heavy (non-hydrogen) atoms. The van der Waals surface area contributed by atoms with Gasteiger partial charge in [0.25, 0.3) is 0 Å². The Balaban J connectivity index is 2.16. The van der Waals surface area contributed by atoms with E-state index in [0.29, 0.717) is 31.9 Å². The topological polar surface area (TPSA) is 52.1 Å². The van der Waals surface area contributed by atoms with Gasteiger partial charge in [-0.15, -0.1) is 11.8 Å². The van der Waals surface area contributed by atoms with Gasteiger partial charge in [0.05, 0.1) is 27.0 Å². The summed E-state index contributed by atoms with van der Waals surface area (Å²) in [5, 5.41) is 21.4. The van der Waals surface area contributed by atoms with Crippen LogP contribution in [0, 0.1) is 0 Å². The van der Waals surface area contributed by atoms with E-state index in [1.54, 1.807) is 18.5 Å². The molecule has 0 aliphatic rings. The Bertz CT molecular complexity index is 1260. The molecule has 160 valence electrons. The van der Waals surface area contributed by atoms with Crippen molar-refractivity contribution >= 4 is 63.0 Å². The number of hydrogen-bond acceptors (Lipinski definition) is 4. The number of benzene rings is 3. The Labute approximate surface area is 200 Å². The van der Waals surface area contributed by atoms with Crippen molar-refractivity contribution in [3.05, 3.63) is 80.6 Å². The largest absolute Gasteiger partial charge is 0.508 e. The molecule has 1 aromatic heterocycles. The summed E-state index contributed by atoms with van der Waals surface area (Å²) in [6, 6.07) is 11.5. The van der Waals surface area contributed by atoms with Crippen LogP contribution in [-0.2, 0) is 0 Å². The van der Waals surface area contributed by atoms with Crippen LogP contribution < -0.4 is 4.90 Å². The Morgan fingerprint density at radius 1 is 1.00 bits per heavy atom. The maximum Gasteiger partial charge on any atom is 0.120 e. The van der Waals surface area contributed by atoms with Gasteiger partial charge in [-0.25, -0.2) is 0 Å². The van der Waals surface area contributed by atoms with Gasteiger partial charge in [-0.3, -0.25) is 5.10 Å². The first-order valence-corrected chi connectivity index (χ1v) is 11.8. The maximum absolute atomic E-state index is 11.0. The number of anilines is 1. The molecule has 0 fully saturated rings. The lowest BCUT2D eigenvalue weighted by molar-refractivity contribution is 0.468. The molecule has 0 saturated carbocycles. The smallest absolute Gasteiger partial charge is 0.120 e. The predicted octanol–water partition coefficient (Wildman–Crippen LogP) is 7.20. The highest BCUT2D eigenvalue weighted by Crippen LogP contribution is 2.53. The molecule has 1 atom stereocenters. The summed E-state index contributed by atoms with van der Waals surface area (Å²) in [7, 11) is 3.77. The van der Waals surface area contributed by atoms with Crippen LogP contribution in [0.3, 0.4) is 0 Å². The summed E-state index contributed by atoms with van der Waals surface area (Å²) < 4.78 is 0. The number of thioether (sulfide) groups is 1. The molecule has 1 unspecified atom stereocenters. The van der Waals surface area contributed by atoms with Gasteiger partial charge < -0.3 is 10.0 Å². The Morgan fingerprint density at radius 2 is 1.74 bits per heavy atom. The van der Waals surface area contributed by atoms with Crippen molar-refractivity contribution in [3.8, 4) is 5.75 Å². The van der Waals surface area contributed by atoms with E-state index < -0.39 is 5.92 Å². The van der Waals surface area contributed by atoms with Gasteiger partial charge in [-0.05, 0) is 23.1 Å². The highest BCUT2D eigenvalue weighted by Gasteiger charge is 2.32. The van der Waals surface area contributed by atoms with E-state index in [9.17, 15) is 5.11 Å². The molecule has 4 aromatic rings. The van der Waals surface area contributed by atoms with E-state index in [2.05, 4.69) is 10.2 Å². The van der Waals surface area contributed by atoms with E-state index in [1.807, 2.05) is 55.6 Å². The first-order chi connectivity index (χ1) is 14.9. The van der Waals surface area contributed by atoms with Gasteiger partial charge >= 0.3 is 0 Å². The molecule has 4 rings (SSSR count). The molecule has 0 saturated heterocycles. The second-order valence-electron chi connectivity index (χ2n) is 7.32. The van der Waals surface area contributed by atoms with E-state index in [0.717, 1.165) is 21.2 Å². The van der Waals surface area contributed by atoms with Crippen molar-refractivity contribution in [2.24, 2.45) is 0 Å². The predicted molar refractivity (Wildman–Crippen MR) is 133 cm³/mol. The molecule has 1 heterocycles. The van der Waals surface area contributed by atoms with Crippen LogP contribution in [0.1, 0.15) is 22.6 Å². The minimum Gasteiger partial charge on any atom is -0.508 e. The SMILES string of the molecule is CSc1c(Cl)c(C(c2cn[nH]c2)c2c(O)ccc3ccccc23)c(Cl)c(N(C)C)c1Cl. The number of nitrogens with zero attached hydrogens (tertiary/aromatic N) is 2. The van der Waals surface area contributed by atoms with E-state index >= 15 is 0 Å². The second kappa shape index (κ2) is 8.83. The van der Waals surface area contributed by atoms with Crippen LogP contribution in [-0.4, -0.2) is 35.7 Å². The molecule has 8 heteroatoms. The quantitative estimate of drug-likeness (QED) is 0.289. The number of aromatic amines is 1. The van der Waals surface area contributed by atoms with Gasteiger partial charge in [-0.1, -0.05) is 65.1 Å². The number of rotatable bonds is 5. The fourth-order valence-electron chi connectivity index (χ4n) is 3.96. The van der Waals surface area contributed by atoms with Crippen LogP contribution in [0.5, 0.6) is 5.75 Å². The van der Waals surface area contributed by atoms with Crippen molar-refractivity contribution < 1.29 is 5.11 Å². The zero-order chi connectivity index (χ0) is 22.3. The standard InChI is InChI=1S/C23H20Cl3N3OS/c1-29(2)22-19(24)18(20(25)23(31-3)21(22)26)16(13-10-27-28-11-13)17-14-7-5-4-6-12(14)8-9-15(17)30/h4-11,16,30H,1-3H3,(H,27,28). The van der Waals surface area contributed by atoms with E-state index in [-0.39, 0.29) is 5.75 Å². The highest BCUT2D eigenvalue weighted by molar-refractivity contribution is 7.98. The van der Waals surface area contributed by atoms with Crippen molar-refractivity contribution in [2.75, 3.05) is 25.3 Å². The fourth-order valence-corrected chi connectivity index (χ4v) is 6.25. The lowest BCUT2D eigenvalue weighted by Crippen LogP contribution is -2.14. The third-order valence-corrected chi connectivity index (χ3v) is 7.50. The van der Waals surface area contributed by atoms with Crippen molar-refractivity contribution in [3.63, 3.8) is 0 Å². The molecular weight excluding hydrogens is 473 g/mol. The molecule has 0 aliphatic carbocycles. The van der Waals surface area contributed by atoms with Gasteiger partial charge in [0.2, 0.25) is 0 Å². The van der Waals surface area contributed by atoms with Crippen LogP contribution in [0.15, 0.2) is 53.7 Å². The molecule has 0 bridgehead atoms. The number of phenolic OH excluding ortho intramolecular Hbond substituents is 1. The first-order valence-electron chi connectivity index (χ1n) is 9.47. The molecule has 4 nitrogen and oxygen atoms in total. The van der Waals surface area contributed by atoms with Gasteiger partial charge in [0, 0.05) is 47.8 Å². The third kappa shape index (κ3) is 3.74.